The van der Waals surface area contributed by atoms with Crippen LogP contribution < -0.4 is 5.32 Å². The number of amides is 1. The zero-order valence-electron chi connectivity index (χ0n) is 10.1. The summed E-state index contributed by atoms with van der Waals surface area (Å²) in [6.07, 6.45) is -6.56. The number of hydrogen-bond donors (Lipinski definition) is 1. The Morgan fingerprint density at radius 1 is 1.47 bits per heavy atom. The fourth-order valence-electron chi connectivity index (χ4n) is 1.50. The topological polar surface area (TPSA) is 38.3 Å². The van der Waals surface area contributed by atoms with Crippen LogP contribution in [0.15, 0.2) is 24.3 Å². The van der Waals surface area contributed by atoms with Crippen LogP contribution in [0.2, 0.25) is 5.02 Å². The van der Waals surface area contributed by atoms with Gasteiger partial charge in [0.25, 0.3) is 0 Å². The number of halogens is 4. The van der Waals surface area contributed by atoms with Crippen LogP contribution in [0.25, 0.3) is 0 Å². The van der Waals surface area contributed by atoms with E-state index >= 15 is 0 Å². The summed E-state index contributed by atoms with van der Waals surface area (Å²) in [7, 11) is 1.40. The van der Waals surface area contributed by atoms with E-state index in [0.29, 0.717) is 10.6 Å². The molecule has 0 heterocycles. The summed E-state index contributed by atoms with van der Waals surface area (Å²) in [6.45, 7) is -0.0498. The molecule has 1 amide bonds. The first-order valence-corrected chi connectivity index (χ1v) is 5.81. The summed E-state index contributed by atoms with van der Waals surface area (Å²) in [5.74, 6) is -1.09. The molecule has 1 rings (SSSR count). The SMILES string of the molecule is CO[C@H](CNC(=O)CC(F)(F)F)c1cccc(Cl)c1. The van der Waals surface area contributed by atoms with Crippen LogP contribution in [0.5, 0.6) is 0 Å². The largest absolute Gasteiger partial charge is 0.397 e. The average molecular weight is 296 g/mol. The number of hydrogen-bond acceptors (Lipinski definition) is 2. The lowest BCUT2D eigenvalue weighted by molar-refractivity contribution is -0.154. The van der Waals surface area contributed by atoms with Gasteiger partial charge in [-0.3, -0.25) is 4.79 Å². The maximum absolute atomic E-state index is 12.0. The Labute approximate surface area is 113 Å². The van der Waals surface area contributed by atoms with Crippen molar-refractivity contribution in [1.82, 2.24) is 5.32 Å². The molecule has 1 aromatic carbocycles. The van der Waals surface area contributed by atoms with Crippen molar-refractivity contribution < 1.29 is 22.7 Å². The molecule has 0 spiro atoms. The van der Waals surface area contributed by atoms with E-state index in [1.54, 1.807) is 24.3 Å². The highest BCUT2D eigenvalue weighted by Gasteiger charge is 2.31. The maximum Gasteiger partial charge on any atom is 0.397 e. The van der Waals surface area contributed by atoms with Crippen LogP contribution in [0, 0.1) is 0 Å². The first kappa shape index (κ1) is 15.8. The standard InChI is InChI=1S/C12H13ClF3NO2/c1-19-10(8-3-2-4-9(13)5-8)7-17-11(18)6-12(14,15)16/h2-5,10H,6-7H2,1H3,(H,17,18)/t10-/m1/s1. The third-order valence-corrected chi connectivity index (χ3v) is 2.59. The molecule has 106 valence electrons. The highest BCUT2D eigenvalue weighted by atomic mass is 35.5. The van der Waals surface area contributed by atoms with Crippen LogP contribution in [0.3, 0.4) is 0 Å². The van der Waals surface area contributed by atoms with Gasteiger partial charge in [0.15, 0.2) is 0 Å². The van der Waals surface area contributed by atoms with Crippen molar-refractivity contribution in [2.24, 2.45) is 0 Å². The second kappa shape index (κ2) is 6.77. The number of alkyl halides is 3. The number of ether oxygens (including phenoxy) is 1. The quantitative estimate of drug-likeness (QED) is 0.906. The van der Waals surface area contributed by atoms with Crippen molar-refractivity contribution in [2.45, 2.75) is 18.7 Å². The Morgan fingerprint density at radius 3 is 2.68 bits per heavy atom. The van der Waals surface area contributed by atoms with Gasteiger partial charge in [0.1, 0.15) is 6.42 Å². The number of carbonyl (C=O) groups is 1. The normalized spacial score (nSPS) is 13.1. The van der Waals surface area contributed by atoms with E-state index in [1.807, 2.05) is 0 Å². The van der Waals surface area contributed by atoms with Crippen LogP contribution >= 0.6 is 11.6 Å². The number of benzene rings is 1. The predicted octanol–water partition coefficient (Wildman–Crippen LogP) is 3.10. The van der Waals surface area contributed by atoms with E-state index in [-0.39, 0.29) is 6.54 Å². The summed E-state index contributed by atoms with van der Waals surface area (Å²) in [6, 6.07) is 6.71. The van der Waals surface area contributed by atoms with E-state index in [2.05, 4.69) is 5.32 Å². The molecule has 0 fully saturated rings. The van der Waals surface area contributed by atoms with Gasteiger partial charge in [-0.25, -0.2) is 0 Å². The fraction of sp³-hybridized carbons (Fsp3) is 0.417. The Hall–Kier alpha value is -1.27. The zero-order chi connectivity index (χ0) is 14.5. The summed E-state index contributed by atoms with van der Waals surface area (Å²) >= 11 is 5.80. The van der Waals surface area contributed by atoms with Crippen molar-refractivity contribution in [3.05, 3.63) is 34.9 Å². The first-order valence-electron chi connectivity index (χ1n) is 5.43. The van der Waals surface area contributed by atoms with Crippen LogP contribution in [0.1, 0.15) is 18.1 Å². The minimum atomic E-state index is -4.51. The van der Waals surface area contributed by atoms with Crippen molar-refractivity contribution in [1.29, 1.82) is 0 Å². The molecule has 19 heavy (non-hydrogen) atoms. The van der Waals surface area contributed by atoms with Gasteiger partial charge in [-0.2, -0.15) is 13.2 Å². The minimum Gasteiger partial charge on any atom is -0.375 e. The van der Waals surface area contributed by atoms with Crippen molar-refractivity contribution in [3.63, 3.8) is 0 Å². The van der Waals surface area contributed by atoms with E-state index in [9.17, 15) is 18.0 Å². The number of methoxy groups -OCH3 is 1. The molecule has 0 unspecified atom stereocenters. The van der Waals surface area contributed by atoms with Gasteiger partial charge < -0.3 is 10.1 Å². The Bertz CT molecular complexity index is 437. The molecule has 0 aliphatic carbocycles. The molecular weight excluding hydrogens is 283 g/mol. The van der Waals surface area contributed by atoms with E-state index < -0.39 is 24.6 Å². The Balaban J connectivity index is 2.56. The lowest BCUT2D eigenvalue weighted by atomic mass is 10.1. The zero-order valence-corrected chi connectivity index (χ0v) is 10.9. The van der Waals surface area contributed by atoms with Gasteiger partial charge in [-0.15, -0.1) is 0 Å². The minimum absolute atomic E-state index is 0.0498. The van der Waals surface area contributed by atoms with Crippen molar-refractivity contribution >= 4 is 17.5 Å². The smallest absolute Gasteiger partial charge is 0.375 e. The average Bonchev–Trinajstić information content (AvgIpc) is 2.27. The lowest BCUT2D eigenvalue weighted by Gasteiger charge is -2.17. The fourth-order valence-corrected chi connectivity index (χ4v) is 1.69. The first-order chi connectivity index (χ1) is 8.81. The third kappa shape index (κ3) is 5.94. The van der Waals surface area contributed by atoms with Gasteiger partial charge in [0.2, 0.25) is 5.91 Å². The molecule has 0 aliphatic heterocycles. The molecule has 0 radical (unpaired) electrons. The van der Waals surface area contributed by atoms with Crippen molar-refractivity contribution in [2.75, 3.05) is 13.7 Å². The van der Waals surface area contributed by atoms with E-state index in [1.165, 1.54) is 7.11 Å². The second-order valence-electron chi connectivity index (χ2n) is 3.88. The second-order valence-corrected chi connectivity index (χ2v) is 4.31. The van der Waals surface area contributed by atoms with E-state index in [4.69, 9.17) is 16.3 Å². The van der Waals surface area contributed by atoms with Crippen LogP contribution in [0.4, 0.5) is 13.2 Å². The van der Waals surface area contributed by atoms with Gasteiger partial charge in [-0.05, 0) is 17.7 Å². The molecule has 7 heteroatoms. The maximum atomic E-state index is 12.0. The molecule has 0 aromatic heterocycles. The van der Waals surface area contributed by atoms with Gasteiger partial charge in [0, 0.05) is 18.7 Å². The Kier molecular flexibility index (Phi) is 5.62. The molecule has 0 aliphatic rings. The summed E-state index contributed by atoms with van der Waals surface area (Å²) < 4.78 is 41.1. The molecule has 1 atom stereocenters. The molecule has 0 saturated heterocycles. The number of rotatable bonds is 5. The predicted molar refractivity (Wildman–Crippen MR) is 64.9 cm³/mol. The molecular formula is C12H13ClF3NO2. The van der Waals surface area contributed by atoms with Gasteiger partial charge >= 0.3 is 6.18 Å². The molecule has 0 saturated carbocycles. The summed E-state index contributed by atoms with van der Waals surface area (Å²) in [5.41, 5.74) is 0.683. The highest BCUT2D eigenvalue weighted by molar-refractivity contribution is 6.30. The molecule has 3 nitrogen and oxygen atoms in total. The molecule has 0 bridgehead atoms. The lowest BCUT2D eigenvalue weighted by Crippen LogP contribution is -2.32. The number of carbonyl (C=O) groups excluding carboxylic acids is 1. The van der Waals surface area contributed by atoms with E-state index in [0.717, 1.165) is 0 Å². The molecule has 1 aromatic rings. The Morgan fingerprint density at radius 2 is 2.16 bits per heavy atom. The van der Waals surface area contributed by atoms with Crippen LogP contribution in [-0.4, -0.2) is 25.7 Å². The van der Waals surface area contributed by atoms with Gasteiger partial charge in [-0.1, -0.05) is 23.7 Å². The third-order valence-electron chi connectivity index (χ3n) is 2.35. The van der Waals surface area contributed by atoms with Gasteiger partial charge in [0.05, 0.1) is 6.10 Å². The molecule has 1 N–H and O–H groups in total. The summed E-state index contributed by atoms with van der Waals surface area (Å²) in [4.78, 5) is 11.1. The van der Waals surface area contributed by atoms with Crippen molar-refractivity contribution in [3.8, 4) is 0 Å². The summed E-state index contributed by atoms with van der Waals surface area (Å²) in [5, 5.41) is 2.67. The monoisotopic (exact) mass is 295 g/mol. The highest BCUT2D eigenvalue weighted by Crippen LogP contribution is 2.21. The number of nitrogens with one attached hydrogen (secondary N) is 1. The van der Waals surface area contributed by atoms with Crippen LogP contribution in [-0.2, 0) is 9.53 Å².